The van der Waals surface area contributed by atoms with Crippen molar-refractivity contribution in [2.45, 2.75) is 39.7 Å². The third-order valence-corrected chi connectivity index (χ3v) is 6.81. The van der Waals surface area contributed by atoms with E-state index in [4.69, 9.17) is 0 Å². The first kappa shape index (κ1) is 26.2. The van der Waals surface area contributed by atoms with Crippen molar-refractivity contribution in [2.75, 3.05) is 6.61 Å². The minimum absolute atomic E-state index is 0.0233. The molecule has 13 heteroatoms. The molecule has 0 saturated carbocycles. The van der Waals surface area contributed by atoms with Gasteiger partial charge in [-0.2, -0.15) is 10.5 Å². The highest BCUT2D eigenvalue weighted by molar-refractivity contribution is 7.20. The maximum absolute atomic E-state index is 13.1. The van der Waals surface area contributed by atoms with Crippen LogP contribution in [-0.4, -0.2) is 37.5 Å². The van der Waals surface area contributed by atoms with Gasteiger partial charge in [-0.15, -0.1) is 15.3 Å². The summed E-state index contributed by atoms with van der Waals surface area (Å²) in [7, 11) is 0. The molecule has 0 spiro atoms. The summed E-state index contributed by atoms with van der Waals surface area (Å²) in [5.41, 5.74) is 1.20. The highest BCUT2D eigenvalue weighted by atomic mass is 32.1. The second-order valence-electron chi connectivity index (χ2n) is 8.56. The number of aromatic hydroxyl groups is 1. The van der Waals surface area contributed by atoms with Crippen LogP contribution in [0.1, 0.15) is 48.4 Å². The number of pyridine rings is 1. The summed E-state index contributed by atoms with van der Waals surface area (Å²) in [5, 5.41) is 42.5. The number of thiazole rings is 1. The van der Waals surface area contributed by atoms with Crippen LogP contribution in [0.25, 0.3) is 15.3 Å². The molecule has 192 valence electrons. The van der Waals surface area contributed by atoms with Crippen LogP contribution in [0.3, 0.4) is 0 Å². The third kappa shape index (κ3) is 5.00. The van der Waals surface area contributed by atoms with Gasteiger partial charge in [0.15, 0.2) is 5.69 Å². The van der Waals surface area contributed by atoms with Gasteiger partial charge < -0.3 is 9.84 Å². The summed E-state index contributed by atoms with van der Waals surface area (Å²) >= 11 is 1.41. The van der Waals surface area contributed by atoms with Crippen molar-refractivity contribution >= 4 is 39.5 Å². The molecule has 3 heterocycles. The normalized spacial score (nSPS) is 11.2. The summed E-state index contributed by atoms with van der Waals surface area (Å²) in [6.45, 7) is 5.96. The van der Waals surface area contributed by atoms with Gasteiger partial charge in [-0.3, -0.25) is 14.2 Å². The fraction of sp³-hybridized carbons (Fsp3) is 0.280. The third-order valence-electron chi connectivity index (χ3n) is 5.80. The summed E-state index contributed by atoms with van der Waals surface area (Å²) in [5.74, 6) is -0.185. The summed E-state index contributed by atoms with van der Waals surface area (Å²) in [6.07, 6.45) is 1.70. The Hall–Kier alpha value is -4.88. The molecular weight excluding hydrogens is 508 g/mol. The number of azo groups is 1. The van der Waals surface area contributed by atoms with Gasteiger partial charge in [-0.1, -0.05) is 31.3 Å². The number of carbonyl (C=O) groups is 1. The second-order valence-corrected chi connectivity index (χ2v) is 9.57. The van der Waals surface area contributed by atoms with E-state index in [1.54, 1.807) is 0 Å². The molecule has 0 bridgehead atoms. The Labute approximate surface area is 220 Å². The minimum atomic E-state index is -0.695. The molecule has 0 amide bonds. The zero-order chi connectivity index (χ0) is 27.4. The minimum Gasteiger partial charge on any atom is -0.493 e. The zero-order valence-electron chi connectivity index (χ0n) is 20.7. The average molecular weight is 531 g/mol. The topological polar surface area (TPSA) is 172 Å². The Morgan fingerprint density at radius 3 is 2.74 bits per heavy atom. The van der Waals surface area contributed by atoms with E-state index < -0.39 is 11.4 Å². The molecule has 1 N–H and O–H groups in total. The fourth-order valence-electron chi connectivity index (χ4n) is 3.72. The van der Waals surface area contributed by atoms with Crippen molar-refractivity contribution in [3.8, 4) is 23.1 Å². The van der Waals surface area contributed by atoms with Gasteiger partial charge in [0, 0.05) is 12.1 Å². The van der Waals surface area contributed by atoms with E-state index in [-0.39, 0.29) is 54.2 Å². The van der Waals surface area contributed by atoms with Crippen LogP contribution >= 0.6 is 11.3 Å². The number of fused-ring (bicyclic) bond motifs is 1. The molecule has 0 atom stereocenters. The Morgan fingerprint density at radius 1 is 1.26 bits per heavy atom. The maximum atomic E-state index is 13.1. The molecule has 0 saturated heterocycles. The van der Waals surface area contributed by atoms with Crippen LogP contribution in [0.2, 0.25) is 0 Å². The highest BCUT2D eigenvalue weighted by Crippen LogP contribution is 2.31. The van der Waals surface area contributed by atoms with Gasteiger partial charge in [0.05, 0.1) is 23.0 Å². The van der Waals surface area contributed by atoms with Crippen LogP contribution in [-0.2, 0) is 16.1 Å². The van der Waals surface area contributed by atoms with Gasteiger partial charge in [-0.25, -0.2) is 9.67 Å². The highest BCUT2D eigenvalue weighted by Gasteiger charge is 2.20. The number of rotatable bonds is 9. The number of hydrogen-bond acceptors (Lipinski definition) is 11. The maximum Gasteiger partial charge on any atom is 0.293 e. The lowest BCUT2D eigenvalue weighted by Crippen LogP contribution is -2.22. The van der Waals surface area contributed by atoms with Gasteiger partial charge in [0.2, 0.25) is 16.8 Å². The van der Waals surface area contributed by atoms with Crippen molar-refractivity contribution in [3.05, 3.63) is 57.0 Å². The van der Waals surface area contributed by atoms with E-state index >= 15 is 0 Å². The predicted octanol–water partition coefficient (Wildman–Crippen LogP) is 4.50. The molecule has 38 heavy (non-hydrogen) atoms. The van der Waals surface area contributed by atoms with Crippen LogP contribution in [0.4, 0.5) is 11.5 Å². The second kappa shape index (κ2) is 11.0. The fourth-order valence-corrected chi connectivity index (χ4v) is 4.66. The van der Waals surface area contributed by atoms with E-state index in [0.29, 0.717) is 11.0 Å². The molecule has 0 radical (unpaired) electrons. The van der Waals surface area contributed by atoms with Gasteiger partial charge in [0.25, 0.3) is 12.0 Å². The number of nitrogens with zero attached hydrogens (tertiary/aromatic N) is 8. The first-order valence-corrected chi connectivity index (χ1v) is 12.3. The smallest absolute Gasteiger partial charge is 0.293 e. The average Bonchev–Trinajstić information content (AvgIpc) is 3.51. The lowest BCUT2D eigenvalue weighted by Gasteiger charge is -2.12. The molecule has 0 fully saturated rings. The van der Waals surface area contributed by atoms with Gasteiger partial charge in [-0.05, 0) is 37.0 Å². The Kier molecular flexibility index (Phi) is 7.60. The predicted molar refractivity (Wildman–Crippen MR) is 138 cm³/mol. The first-order valence-electron chi connectivity index (χ1n) is 11.5. The van der Waals surface area contributed by atoms with Crippen LogP contribution < -0.4 is 5.56 Å². The summed E-state index contributed by atoms with van der Waals surface area (Å²) in [6, 6.07) is 9.92. The van der Waals surface area contributed by atoms with Gasteiger partial charge >= 0.3 is 0 Å². The van der Waals surface area contributed by atoms with Crippen molar-refractivity contribution in [1.82, 2.24) is 19.3 Å². The largest absolute Gasteiger partial charge is 0.493 e. The van der Waals surface area contributed by atoms with Crippen molar-refractivity contribution in [2.24, 2.45) is 10.2 Å². The van der Waals surface area contributed by atoms with E-state index in [0.717, 1.165) is 14.8 Å². The molecule has 0 aliphatic carbocycles. The number of carbonyl (C=O) groups excluding carboxylic acids is 1. The SMILES string of the molecule is Cc1c(C#N)c(O)n(CCCOC=O)c(=O)c1N=Nc1nn(-c2nc3ccc(C(C)C)cc3s2)cc1C#N. The van der Waals surface area contributed by atoms with E-state index in [1.165, 1.54) is 34.7 Å². The number of nitriles is 2. The van der Waals surface area contributed by atoms with Gasteiger partial charge in [0.1, 0.15) is 23.3 Å². The van der Waals surface area contributed by atoms with E-state index in [2.05, 4.69) is 45.0 Å². The molecule has 3 aromatic heterocycles. The molecule has 4 rings (SSSR count). The molecule has 0 aliphatic rings. The number of hydrogen-bond donors (Lipinski definition) is 1. The zero-order valence-corrected chi connectivity index (χ0v) is 21.6. The molecule has 0 aliphatic heterocycles. The summed E-state index contributed by atoms with van der Waals surface area (Å²) < 4.78 is 7.99. The van der Waals surface area contributed by atoms with Crippen molar-refractivity contribution in [3.63, 3.8) is 0 Å². The van der Waals surface area contributed by atoms with E-state index in [1.807, 2.05) is 24.3 Å². The molecule has 4 aromatic rings. The number of aromatic nitrogens is 4. The quantitative estimate of drug-likeness (QED) is 0.187. The number of benzene rings is 1. The van der Waals surface area contributed by atoms with E-state index in [9.17, 15) is 25.2 Å². The number of ether oxygens (including phenoxy) is 1. The lowest BCUT2D eigenvalue weighted by atomic mass is 10.0. The molecular formula is C25H22N8O4S. The van der Waals surface area contributed by atoms with Crippen LogP contribution in [0.5, 0.6) is 5.88 Å². The molecule has 1 aromatic carbocycles. The lowest BCUT2D eigenvalue weighted by molar-refractivity contribution is -0.128. The molecule has 12 nitrogen and oxygen atoms in total. The molecule has 0 unspecified atom stereocenters. The Morgan fingerprint density at radius 2 is 2.05 bits per heavy atom. The van der Waals surface area contributed by atoms with Crippen molar-refractivity contribution in [1.29, 1.82) is 10.5 Å². The van der Waals surface area contributed by atoms with Crippen LogP contribution in [0, 0.1) is 29.6 Å². The Bertz CT molecular complexity index is 1700. The Balaban J connectivity index is 1.71. The monoisotopic (exact) mass is 530 g/mol. The summed E-state index contributed by atoms with van der Waals surface area (Å²) in [4.78, 5) is 28.0. The van der Waals surface area contributed by atoms with Crippen LogP contribution in [0.15, 0.2) is 39.4 Å². The standard InChI is InChI=1S/C25H22N8O4S/c1-14(2)16-5-6-19-20(9-16)38-25(28-19)33-12-17(10-26)22(31-33)30-29-21-15(3)18(11-27)23(35)32(24(21)36)7-4-8-37-13-34/h5-6,9,12-14,35H,4,7-8H2,1-3H3. The first-order chi connectivity index (χ1) is 18.3. The van der Waals surface area contributed by atoms with Crippen molar-refractivity contribution < 1.29 is 14.6 Å².